The number of benzene rings is 2. The van der Waals surface area contributed by atoms with Gasteiger partial charge in [-0.05, 0) is 45.0 Å². The Labute approximate surface area is 142 Å². The van der Waals surface area contributed by atoms with Gasteiger partial charge in [0.1, 0.15) is 16.7 Å². The van der Waals surface area contributed by atoms with Gasteiger partial charge in [-0.1, -0.05) is 24.3 Å². The molecular formula is C18H21NO4S. The lowest BCUT2D eigenvalue weighted by molar-refractivity contribution is -0.115. The van der Waals surface area contributed by atoms with Crippen LogP contribution in [0, 0.1) is 0 Å². The summed E-state index contributed by atoms with van der Waals surface area (Å²) in [5.74, 6) is 0.677. The van der Waals surface area contributed by atoms with Crippen molar-refractivity contribution in [3.8, 4) is 11.5 Å². The van der Waals surface area contributed by atoms with Crippen LogP contribution < -0.4 is 10.1 Å². The number of para-hydroxylation sites is 1. The van der Waals surface area contributed by atoms with Crippen LogP contribution >= 0.6 is 0 Å². The predicted molar refractivity (Wildman–Crippen MR) is 95.1 cm³/mol. The molecule has 1 unspecified atom stereocenters. The number of carbonyl (C=O) groups excluding carboxylic acids is 1. The molecule has 0 fully saturated rings. The molecule has 0 radical (unpaired) electrons. The number of ether oxygens (including phenoxy) is 1. The van der Waals surface area contributed by atoms with Crippen molar-refractivity contribution in [3.05, 3.63) is 54.6 Å². The van der Waals surface area contributed by atoms with Crippen LogP contribution in [0.4, 0.5) is 5.69 Å². The molecule has 1 atom stereocenters. The highest BCUT2D eigenvalue weighted by Gasteiger charge is 2.30. The Balaban J connectivity index is 2.11. The average molecular weight is 347 g/mol. The molecule has 2 aromatic rings. The van der Waals surface area contributed by atoms with Gasteiger partial charge in [-0.25, -0.2) is 8.42 Å². The van der Waals surface area contributed by atoms with Gasteiger partial charge in [0.25, 0.3) is 0 Å². The van der Waals surface area contributed by atoms with Crippen LogP contribution in [0.1, 0.15) is 20.8 Å². The summed E-state index contributed by atoms with van der Waals surface area (Å²) >= 11 is 0. The molecule has 1 N–H and O–H groups in total. The van der Waals surface area contributed by atoms with E-state index in [9.17, 15) is 13.2 Å². The smallest absolute Gasteiger partial charge is 0.242 e. The maximum Gasteiger partial charge on any atom is 0.242 e. The second-order valence-electron chi connectivity index (χ2n) is 5.71. The molecule has 24 heavy (non-hydrogen) atoms. The molecule has 0 saturated heterocycles. The third kappa shape index (κ3) is 4.35. The summed E-state index contributed by atoms with van der Waals surface area (Å²) in [5, 5.41) is 0.911. The van der Waals surface area contributed by atoms with Crippen molar-refractivity contribution in [3.63, 3.8) is 0 Å². The summed E-state index contributed by atoms with van der Waals surface area (Å²) in [5.41, 5.74) is 0.485. The van der Waals surface area contributed by atoms with E-state index in [-0.39, 0.29) is 0 Å². The fourth-order valence-electron chi connectivity index (χ4n) is 2.06. The summed E-state index contributed by atoms with van der Waals surface area (Å²) in [6.07, 6.45) is 0. The fourth-order valence-corrected chi connectivity index (χ4v) is 3.24. The fraction of sp³-hybridized carbons (Fsp3) is 0.278. The molecule has 0 bridgehead atoms. The minimum atomic E-state index is -3.50. The van der Waals surface area contributed by atoms with Gasteiger partial charge in [0.05, 0.1) is 5.25 Å². The molecule has 0 saturated carbocycles. The standard InChI is InChI=1S/C18H21NO4S/c1-13(2)24(21,22)14(3)18(20)19-15-8-7-11-17(12-15)23-16-9-5-4-6-10-16/h4-14H,1-3H3,(H,19,20). The highest BCUT2D eigenvalue weighted by molar-refractivity contribution is 7.93. The lowest BCUT2D eigenvalue weighted by Crippen LogP contribution is -2.36. The van der Waals surface area contributed by atoms with Crippen LogP contribution in [0.3, 0.4) is 0 Å². The number of amides is 1. The van der Waals surface area contributed by atoms with Crippen molar-refractivity contribution in [2.45, 2.75) is 31.3 Å². The van der Waals surface area contributed by atoms with Gasteiger partial charge in [0.15, 0.2) is 9.84 Å². The summed E-state index contributed by atoms with van der Waals surface area (Å²) in [6.45, 7) is 4.52. The average Bonchev–Trinajstić information content (AvgIpc) is 2.55. The second kappa shape index (κ2) is 7.49. The molecule has 1 amide bonds. The van der Waals surface area contributed by atoms with Crippen LogP contribution in [0.5, 0.6) is 11.5 Å². The molecule has 128 valence electrons. The van der Waals surface area contributed by atoms with Crippen molar-refractivity contribution >= 4 is 21.4 Å². The number of rotatable bonds is 6. The van der Waals surface area contributed by atoms with E-state index >= 15 is 0 Å². The molecule has 0 aliphatic carbocycles. The molecule has 0 spiro atoms. The second-order valence-corrected chi connectivity index (χ2v) is 8.54. The molecule has 0 aliphatic rings. The summed E-state index contributed by atoms with van der Waals surface area (Å²) in [4.78, 5) is 12.2. The zero-order valence-corrected chi connectivity index (χ0v) is 14.7. The third-order valence-corrected chi connectivity index (χ3v) is 6.11. The SMILES string of the molecule is CC(C)S(=O)(=O)C(C)C(=O)Nc1cccc(Oc2ccccc2)c1. The van der Waals surface area contributed by atoms with Gasteiger partial charge in [0, 0.05) is 11.8 Å². The number of hydrogen-bond acceptors (Lipinski definition) is 4. The lowest BCUT2D eigenvalue weighted by Gasteiger charge is -2.16. The highest BCUT2D eigenvalue weighted by atomic mass is 32.2. The zero-order chi connectivity index (χ0) is 17.7. The van der Waals surface area contributed by atoms with Gasteiger partial charge in [-0.3, -0.25) is 4.79 Å². The first-order valence-corrected chi connectivity index (χ1v) is 9.28. The summed E-state index contributed by atoms with van der Waals surface area (Å²) in [7, 11) is -3.50. The van der Waals surface area contributed by atoms with E-state index in [2.05, 4.69) is 5.32 Å². The van der Waals surface area contributed by atoms with Gasteiger partial charge in [0.2, 0.25) is 5.91 Å². The lowest BCUT2D eigenvalue weighted by atomic mass is 10.3. The van der Waals surface area contributed by atoms with E-state index in [4.69, 9.17) is 4.74 Å². The molecule has 0 aromatic heterocycles. The van der Waals surface area contributed by atoms with Crippen LogP contribution in [0.25, 0.3) is 0 Å². The highest BCUT2D eigenvalue weighted by Crippen LogP contribution is 2.24. The van der Waals surface area contributed by atoms with Crippen molar-refractivity contribution < 1.29 is 17.9 Å². The zero-order valence-electron chi connectivity index (χ0n) is 13.9. The Morgan fingerprint density at radius 2 is 1.58 bits per heavy atom. The molecule has 2 rings (SSSR count). The number of anilines is 1. The maximum absolute atomic E-state index is 12.2. The first-order chi connectivity index (χ1) is 11.3. The summed E-state index contributed by atoms with van der Waals surface area (Å²) < 4.78 is 29.9. The molecule has 6 heteroatoms. The number of carbonyl (C=O) groups is 1. The van der Waals surface area contributed by atoms with Crippen molar-refractivity contribution in [2.75, 3.05) is 5.32 Å². The van der Waals surface area contributed by atoms with E-state index in [0.717, 1.165) is 0 Å². The first-order valence-electron chi connectivity index (χ1n) is 7.67. The van der Waals surface area contributed by atoms with Crippen LogP contribution in [-0.2, 0) is 14.6 Å². The van der Waals surface area contributed by atoms with Crippen molar-refractivity contribution in [1.29, 1.82) is 0 Å². The van der Waals surface area contributed by atoms with Crippen LogP contribution in [-0.4, -0.2) is 24.8 Å². The Bertz CT molecular complexity index is 801. The van der Waals surface area contributed by atoms with E-state index in [1.165, 1.54) is 6.92 Å². The Morgan fingerprint density at radius 1 is 0.958 bits per heavy atom. The maximum atomic E-state index is 12.2. The Morgan fingerprint density at radius 3 is 2.21 bits per heavy atom. The largest absolute Gasteiger partial charge is 0.457 e. The third-order valence-electron chi connectivity index (χ3n) is 3.60. The van der Waals surface area contributed by atoms with Gasteiger partial charge >= 0.3 is 0 Å². The first kappa shape index (κ1) is 18.0. The van der Waals surface area contributed by atoms with E-state index in [1.807, 2.05) is 30.3 Å². The van der Waals surface area contributed by atoms with Crippen LogP contribution in [0.15, 0.2) is 54.6 Å². The quantitative estimate of drug-likeness (QED) is 0.866. The van der Waals surface area contributed by atoms with Gasteiger partial charge in [-0.15, -0.1) is 0 Å². The number of sulfone groups is 1. The van der Waals surface area contributed by atoms with Gasteiger partial charge in [-0.2, -0.15) is 0 Å². The van der Waals surface area contributed by atoms with Crippen molar-refractivity contribution in [2.24, 2.45) is 0 Å². The molecular weight excluding hydrogens is 326 g/mol. The number of hydrogen-bond donors (Lipinski definition) is 1. The van der Waals surface area contributed by atoms with E-state index < -0.39 is 26.2 Å². The monoisotopic (exact) mass is 347 g/mol. The van der Waals surface area contributed by atoms with Gasteiger partial charge < -0.3 is 10.1 Å². The molecule has 0 heterocycles. The van der Waals surface area contributed by atoms with E-state index in [0.29, 0.717) is 17.2 Å². The van der Waals surface area contributed by atoms with Crippen LogP contribution in [0.2, 0.25) is 0 Å². The Kier molecular flexibility index (Phi) is 5.62. The van der Waals surface area contributed by atoms with E-state index in [1.54, 1.807) is 38.1 Å². The normalized spacial score (nSPS) is 12.7. The Hall–Kier alpha value is -2.34. The topological polar surface area (TPSA) is 72.5 Å². The van der Waals surface area contributed by atoms with Crippen molar-refractivity contribution in [1.82, 2.24) is 0 Å². The minimum Gasteiger partial charge on any atom is -0.457 e. The molecule has 5 nitrogen and oxygen atoms in total. The predicted octanol–water partition coefficient (Wildman–Crippen LogP) is 3.63. The minimum absolute atomic E-state index is 0.485. The molecule has 2 aromatic carbocycles. The number of nitrogens with one attached hydrogen (secondary N) is 1. The summed E-state index contributed by atoms with van der Waals surface area (Å²) in [6, 6.07) is 16.1. The molecule has 0 aliphatic heterocycles.